The van der Waals surface area contributed by atoms with Crippen molar-refractivity contribution >= 4 is 36.1 Å². The van der Waals surface area contributed by atoms with Gasteiger partial charge in [-0.3, -0.25) is 9.59 Å². The summed E-state index contributed by atoms with van der Waals surface area (Å²) in [6.45, 7) is 2.15. The number of unbranched alkanes of at least 4 members (excludes halogenated alkanes) is 1. The molecule has 0 heterocycles. The molecule has 3 nitrogen and oxygen atoms in total. The summed E-state index contributed by atoms with van der Waals surface area (Å²) in [5, 5.41) is 9.04. The van der Waals surface area contributed by atoms with E-state index in [-0.39, 0.29) is 12.3 Å². The molecule has 0 aliphatic heterocycles. The molecule has 0 saturated carbocycles. The molecule has 0 bridgehead atoms. The van der Waals surface area contributed by atoms with Crippen molar-refractivity contribution in [1.29, 1.82) is 0 Å². The van der Waals surface area contributed by atoms with E-state index >= 15 is 0 Å². The van der Waals surface area contributed by atoms with Crippen LogP contribution in [0.15, 0.2) is 0 Å². The van der Waals surface area contributed by atoms with E-state index in [9.17, 15) is 9.59 Å². The van der Waals surface area contributed by atoms with Crippen molar-refractivity contribution in [2.45, 2.75) is 70.0 Å². The van der Waals surface area contributed by atoms with Gasteiger partial charge in [-0.2, -0.15) is 24.4 Å². The second-order valence-corrected chi connectivity index (χ2v) is 7.28. The van der Waals surface area contributed by atoms with Crippen LogP contribution in [-0.4, -0.2) is 34.1 Å². The molecule has 0 saturated heterocycles. The molecule has 124 valence electrons. The zero-order valence-corrected chi connectivity index (χ0v) is 15.1. The number of ketones is 1. The average molecular weight is 335 g/mol. The fourth-order valence-electron chi connectivity index (χ4n) is 2.41. The predicted molar refractivity (Wildman–Crippen MR) is 94.5 cm³/mol. The highest BCUT2D eigenvalue weighted by molar-refractivity contribution is 7.98. The number of carbonyl (C=O) groups is 2. The molecular weight excluding hydrogens is 304 g/mol. The molecule has 0 spiro atoms. The molecule has 0 aliphatic carbocycles. The van der Waals surface area contributed by atoms with E-state index in [0.29, 0.717) is 23.9 Å². The quantitative estimate of drug-likeness (QED) is 0.364. The Morgan fingerprint density at radius 2 is 1.81 bits per heavy atom. The molecule has 21 heavy (non-hydrogen) atoms. The zero-order valence-electron chi connectivity index (χ0n) is 13.3. The van der Waals surface area contributed by atoms with Gasteiger partial charge < -0.3 is 5.11 Å². The van der Waals surface area contributed by atoms with Crippen molar-refractivity contribution in [1.82, 2.24) is 0 Å². The van der Waals surface area contributed by atoms with Gasteiger partial charge >= 0.3 is 5.97 Å². The molecule has 5 heteroatoms. The van der Waals surface area contributed by atoms with E-state index in [4.69, 9.17) is 5.11 Å². The van der Waals surface area contributed by atoms with Crippen LogP contribution in [0.3, 0.4) is 0 Å². The molecule has 1 N–H and O–H groups in total. The Hall–Kier alpha value is -0.160. The molecule has 2 atom stereocenters. The fourth-order valence-corrected chi connectivity index (χ4v) is 3.22. The molecule has 0 fully saturated rings. The summed E-state index contributed by atoms with van der Waals surface area (Å²) in [6, 6.07) is 0. The first-order chi connectivity index (χ1) is 10.0. The van der Waals surface area contributed by atoms with E-state index in [2.05, 4.69) is 19.6 Å². The Balaban J connectivity index is 4.19. The van der Waals surface area contributed by atoms with Crippen LogP contribution in [0.2, 0.25) is 0 Å². The number of carbonyl (C=O) groups excluding carboxylic acids is 1. The van der Waals surface area contributed by atoms with Gasteiger partial charge in [0.2, 0.25) is 0 Å². The maximum Gasteiger partial charge on any atom is 0.303 e. The van der Waals surface area contributed by atoms with Crippen LogP contribution in [0.5, 0.6) is 0 Å². The van der Waals surface area contributed by atoms with Crippen LogP contribution in [0.1, 0.15) is 64.7 Å². The summed E-state index contributed by atoms with van der Waals surface area (Å²) in [4.78, 5) is 22.8. The summed E-state index contributed by atoms with van der Waals surface area (Å²) in [5.41, 5.74) is 0. The third-order valence-corrected chi connectivity index (χ3v) is 4.80. The number of thioether (sulfide) groups is 1. The van der Waals surface area contributed by atoms with Crippen LogP contribution < -0.4 is 0 Å². The van der Waals surface area contributed by atoms with E-state index in [0.717, 1.165) is 44.3 Å². The van der Waals surface area contributed by atoms with Gasteiger partial charge in [-0.05, 0) is 44.1 Å². The van der Waals surface area contributed by atoms with Gasteiger partial charge in [0.15, 0.2) is 0 Å². The first kappa shape index (κ1) is 20.8. The highest BCUT2D eigenvalue weighted by atomic mass is 32.2. The number of hydrogen-bond acceptors (Lipinski definition) is 4. The minimum atomic E-state index is -0.751. The first-order valence-corrected chi connectivity index (χ1v) is 9.83. The molecular formula is C16H30O3S2. The van der Waals surface area contributed by atoms with E-state index in [1.165, 1.54) is 0 Å². The Bertz CT molecular complexity index is 295. The lowest BCUT2D eigenvalue weighted by Gasteiger charge is -2.17. The monoisotopic (exact) mass is 334 g/mol. The van der Waals surface area contributed by atoms with Crippen molar-refractivity contribution in [3.63, 3.8) is 0 Å². The van der Waals surface area contributed by atoms with Gasteiger partial charge in [-0.15, -0.1) is 0 Å². The minimum Gasteiger partial charge on any atom is -0.481 e. The second kappa shape index (κ2) is 13.5. The summed E-state index contributed by atoms with van der Waals surface area (Å²) < 4.78 is 0. The second-order valence-electron chi connectivity index (χ2n) is 5.57. The standard InChI is InChI=1S/C16H30O3S2/c1-3-6-14(20)10-9-13(15(17)11-12-21-2)7-4-5-8-16(18)19/h13-14,20H,3-12H2,1-2H3,(H,18,19). The Morgan fingerprint density at radius 3 is 2.38 bits per heavy atom. The van der Waals surface area contributed by atoms with E-state index < -0.39 is 5.97 Å². The van der Waals surface area contributed by atoms with Gasteiger partial charge in [-0.25, -0.2) is 0 Å². The normalized spacial score (nSPS) is 13.9. The van der Waals surface area contributed by atoms with Crippen LogP contribution in [0.25, 0.3) is 0 Å². The van der Waals surface area contributed by atoms with Crippen molar-refractivity contribution in [2.24, 2.45) is 5.92 Å². The fraction of sp³-hybridized carbons (Fsp3) is 0.875. The topological polar surface area (TPSA) is 54.4 Å². The zero-order chi connectivity index (χ0) is 16.1. The van der Waals surface area contributed by atoms with Crippen LogP contribution in [0.4, 0.5) is 0 Å². The molecule has 2 unspecified atom stereocenters. The Morgan fingerprint density at radius 1 is 1.10 bits per heavy atom. The average Bonchev–Trinajstić information content (AvgIpc) is 2.43. The number of hydrogen-bond donors (Lipinski definition) is 2. The third-order valence-electron chi connectivity index (χ3n) is 3.67. The van der Waals surface area contributed by atoms with Crippen LogP contribution in [-0.2, 0) is 9.59 Å². The lowest BCUT2D eigenvalue weighted by molar-refractivity contribution is -0.137. The molecule has 0 aromatic heterocycles. The Kier molecular flexibility index (Phi) is 13.4. The van der Waals surface area contributed by atoms with Crippen molar-refractivity contribution in [2.75, 3.05) is 12.0 Å². The summed E-state index contributed by atoms with van der Waals surface area (Å²) >= 11 is 6.27. The number of thiol groups is 1. The highest BCUT2D eigenvalue weighted by Gasteiger charge is 2.18. The minimum absolute atomic E-state index is 0.0949. The molecule has 0 aliphatic rings. The number of Topliss-reactive ketones (excluding diaryl/α,β-unsaturated/α-hetero) is 1. The lowest BCUT2D eigenvalue weighted by atomic mass is 9.90. The van der Waals surface area contributed by atoms with Crippen LogP contribution >= 0.6 is 24.4 Å². The van der Waals surface area contributed by atoms with Gasteiger partial charge in [0.05, 0.1) is 0 Å². The first-order valence-electron chi connectivity index (χ1n) is 7.92. The summed E-state index contributed by atoms with van der Waals surface area (Å²) in [7, 11) is 0. The van der Waals surface area contributed by atoms with Gasteiger partial charge in [0.1, 0.15) is 5.78 Å². The van der Waals surface area contributed by atoms with Crippen molar-refractivity contribution < 1.29 is 14.7 Å². The summed E-state index contributed by atoms with van der Waals surface area (Å²) in [6.07, 6.45) is 9.26. The Labute approximate surface area is 139 Å². The number of aliphatic carboxylic acids is 1. The summed E-state index contributed by atoms with van der Waals surface area (Å²) in [5.74, 6) is 0.566. The maximum atomic E-state index is 12.2. The number of carboxylic acid groups (broad SMARTS) is 1. The van der Waals surface area contributed by atoms with Gasteiger partial charge in [-0.1, -0.05) is 19.8 Å². The van der Waals surface area contributed by atoms with Gasteiger partial charge in [0.25, 0.3) is 0 Å². The molecule has 0 rings (SSSR count). The van der Waals surface area contributed by atoms with Crippen molar-refractivity contribution in [3.05, 3.63) is 0 Å². The van der Waals surface area contributed by atoms with E-state index in [1.807, 2.05) is 6.26 Å². The SMILES string of the molecule is CCCC(S)CCC(CCCCC(=O)O)C(=O)CCSC. The third kappa shape index (κ3) is 12.1. The van der Waals surface area contributed by atoms with Crippen molar-refractivity contribution in [3.8, 4) is 0 Å². The van der Waals surface area contributed by atoms with Crippen LogP contribution in [0, 0.1) is 5.92 Å². The molecule has 0 radical (unpaired) electrons. The lowest BCUT2D eigenvalue weighted by Crippen LogP contribution is -2.17. The number of carboxylic acids is 1. The van der Waals surface area contributed by atoms with Gasteiger partial charge in [0, 0.05) is 24.0 Å². The van der Waals surface area contributed by atoms with E-state index in [1.54, 1.807) is 11.8 Å². The molecule has 0 aromatic carbocycles. The largest absolute Gasteiger partial charge is 0.481 e. The predicted octanol–water partition coefficient (Wildman–Crippen LogP) is 4.45. The molecule has 0 aromatic rings. The smallest absolute Gasteiger partial charge is 0.303 e. The number of rotatable bonds is 14. The maximum absolute atomic E-state index is 12.2. The highest BCUT2D eigenvalue weighted by Crippen LogP contribution is 2.23. The molecule has 0 amide bonds.